The normalized spacial score (nSPS) is 16.0. The van der Waals surface area contributed by atoms with Crippen LogP contribution < -0.4 is 23.4 Å². The Morgan fingerprint density at radius 3 is 0.909 bits per heavy atom. The molecule has 3 aliphatic heterocycles. The Bertz CT molecular complexity index is 4870. The van der Waals surface area contributed by atoms with Crippen LogP contribution in [0, 0.1) is 62.2 Å². The number of para-hydroxylation sites is 5. The van der Waals surface area contributed by atoms with Gasteiger partial charge in [-0.05, 0) is 232 Å². The minimum atomic E-state index is -2.13. The molecule has 512 valence electrons. The number of hydrogen-bond donors (Lipinski definition) is 0. The van der Waals surface area contributed by atoms with Crippen LogP contribution in [0.3, 0.4) is 0 Å². The van der Waals surface area contributed by atoms with Crippen molar-refractivity contribution in [1.29, 1.82) is 0 Å². The highest BCUT2D eigenvalue weighted by Gasteiger charge is 2.55. The second kappa shape index (κ2) is 25.8. The Kier molecular flexibility index (Phi) is 17.3. The van der Waals surface area contributed by atoms with Gasteiger partial charge in [0.1, 0.15) is 35.2 Å². The second-order valence-electron chi connectivity index (χ2n) is 30.9. The van der Waals surface area contributed by atoms with E-state index in [9.17, 15) is 0 Å². The van der Waals surface area contributed by atoms with Gasteiger partial charge in [0.25, 0.3) is 17.5 Å². The van der Waals surface area contributed by atoms with Gasteiger partial charge in [0, 0.05) is 20.4 Å². The Balaban J connectivity index is 0.000000128. The van der Waals surface area contributed by atoms with E-state index < -0.39 is 6.85 Å². The number of nitrogens with zero attached hydrogens (tertiary/aromatic N) is 15. The van der Waals surface area contributed by atoms with Gasteiger partial charge in [-0.3, -0.25) is 0 Å². The largest absolute Gasteiger partial charge is 0.350 e. The molecule has 0 spiro atoms. The average molecular weight is 1330 g/mol. The fraction of sp³-hybridized carbons (Fsp3) is 0.381. The van der Waals surface area contributed by atoms with E-state index in [-0.39, 0.29) is 32.5 Å². The SMILES string of the molecule is Cc1cc(C)cc(-c2ncn(-c3ccccc3C)[n+]2C)c1.Cc1cccc2c1-n1c(nc[n+]1C)C(C)(C)C2(C)C.Cc1cccc2c1-n1c(nc[n+]1C)C(C)(C)C2(C)C.Cc1cccc2c1-n1c(nc[n+]1C)C(C)(C)C2(C)C.[2H]C([2H])([2H])c1cc(C)cc(-c2ncn(-c3ccccc3C)[n+]2C)c1. The van der Waals surface area contributed by atoms with Crippen molar-refractivity contribution in [3.63, 3.8) is 0 Å². The van der Waals surface area contributed by atoms with Crippen LogP contribution in [-0.4, -0.2) is 48.3 Å². The Morgan fingerprint density at radius 1 is 0.323 bits per heavy atom. The van der Waals surface area contributed by atoms with Gasteiger partial charge in [0.05, 0.1) is 55.8 Å². The van der Waals surface area contributed by atoms with Crippen LogP contribution in [0.25, 0.3) is 51.2 Å². The van der Waals surface area contributed by atoms with E-state index in [4.69, 9.17) is 4.11 Å². The van der Waals surface area contributed by atoms with Crippen molar-refractivity contribution >= 4 is 0 Å². The summed E-state index contributed by atoms with van der Waals surface area (Å²) in [6.07, 6.45) is 9.38. The summed E-state index contributed by atoms with van der Waals surface area (Å²) in [6, 6.07) is 48.1. The summed E-state index contributed by atoms with van der Waals surface area (Å²) in [7, 11) is 10.1. The third kappa shape index (κ3) is 12.0. The van der Waals surface area contributed by atoms with Crippen molar-refractivity contribution in [2.75, 3.05) is 0 Å². The lowest BCUT2D eigenvalue weighted by molar-refractivity contribution is -0.746. The molecule has 0 unspecified atom stereocenters. The first kappa shape index (κ1) is 66.5. The molecule has 8 heterocycles. The van der Waals surface area contributed by atoms with E-state index in [1.807, 2.05) is 80.0 Å². The number of fused-ring (bicyclic) bond motifs is 9. The van der Waals surface area contributed by atoms with E-state index in [1.165, 1.54) is 67.1 Å². The van der Waals surface area contributed by atoms with E-state index in [1.54, 1.807) is 18.5 Å². The number of rotatable bonds is 4. The summed E-state index contributed by atoms with van der Waals surface area (Å²) >= 11 is 0. The highest BCUT2D eigenvalue weighted by Crippen LogP contribution is 2.52. The number of hydrogen-bond acceptors (Lipinski definition) is 5. The minimum Gasteiger partial charge on any atom is -0.154 e. The van der Waals surface area contributed by atoms with Crippen LogP contribution in [0.5, 0.6) is 0 Å². The summed E-state index contributed by atoms with van der Waals surface area (Å²) in [6.45, 7) is 42.4. The smallest absolute Gasteiger partial charge is 0.154 e. The maximum atomic E-state index is 7.65. The van der Waals surface area contributed by atoms with Crippen LogP contribution in [-0.2, 0) is 67.7 Å². The first-order valence-corrected chi connectivity index (χ1v) is 34.5. The Morgan fingerprint density at radius 2 is 0.606 bits per heavy atom. The van der Waals surface area contributed by atoms with Crippen molar-refractivity contribution in [1.82, 2.24) is 48.3 Å². The summed E-state index contributed by atoms with van der Waals surface area (Å²) in [4.78, 5) is 23.1. The van der Waals surface area contributed by atoms with Gasteiger partial charge in [-0.1, -0.05) is 145 Å². The van der Waals surface area contributed by atoms with E-state index in [0.29, 0.717) is 5.56 Å². The zero-order chi connectivity index (χ0) is 74.5. The molecule has 3 aliphatic rings. The van der Waals surface area contributed by atoms with Crippen LogP contribution in [0.2, 0.25) is 0 Å². The van der Waals surface area contributed by atoms with Crippen molar-refractivity contribution in [2.24, 2.45) is 35.2 Å². The van der Waals surface area contributed by atoms with Crippen LogP contribution in [0.1, 0.15) is 171 Å². The molecule has 0 aliphatic carbocycles. The van der Waals surface area contributed by atoms with Gasteiger partial charge in [-0.15, -0.1) is 32.8 Å². The van der Waals surface area contributed by atoms with E-state index in [0.717, 1.165) is 62.8 Å². The number of aryl methyl sites for hydroxylation is 12. The average Bonchev–Trinajstić information content (AvgIpc) is 1.36. The third-order valence-corrected chi connectivity index (χ3v) is 22.7. The summed E-state index contributed by atoms with van der Waals surface area (Å²) < 4.78 is 44.0. The molecular formula is C84H106N15+5. The molecule has 7 aromatic carbocycles. The van der Waals surface area contributed by atoms with Gasteiger partial charge in [0.15, 0.2) is 0 Å². The highest BCUT2D eigenvalue weighted by molar-refractivity contribution is 5.60. The topological polar surface area (TPSA) is 108 Å². The van der Waals surface area contributed by atoms with Gasteiger partial charge in [-0.2, -0.15) is 14.0 Å². The number of benzene rings is 7. The molecule has 0 N–H and O–H groups in total. The summed E-state index contributed by atoms with van der Waals surface area (Å²) in [5, 5.41) is 0. The van der Waals surface area contributed by atoms with Crippen LogP contribution in [0.15, 0.2) is 171 Å². The summed E-state index contributed by atoms with van der Waals surface area (Å²) in [5.41, 5.74) is 22.4. The molecule has 0 radical (unpaired) electrons. The van der Waals surface area contributed by atoms with Crippen molar-refractivity contribution < 1.29 is 27.5 Å². The van der Waals surface area contributed by atoms with E-state index in [2.05, 4.69) is 318 Å². The van der Waals surface area contributed by atoms with Crippen molar-refractivity contribution in [3.8, 4) is 51.2 Å². The van der Waals surface area contributed by atoms with Gasteiger partial charge >= 0.3 is 30.6 Å². The summed E-state index contributed by atoms with van der Waals surface area (Å²) in [5.74, 6) is 5.13. The zero-order valence-electron chi connectivity index (χ0n) is 66.4. The van der Waals surface area contributed by atoms with Crippen molar-refractivity contribution in [3.05, 3.63) is 255 Å². The molecule has 0 saturated carbocycles. The predicted octanol–water partition coefficient (Wildman–Crippen LogP) is 14.3. The fourth-order valence-corrected chi connectivity index (χ4v) is 14.8. The Labute approximate surface area is 592 Å². The lowest BCUT2D eigenvalue weighted by atomic mass is 9.61. The molecule has 0 fully saturated rings. The highest BCUT2D eigenvalue weighted by atomic mass is 15.5. The number of aromatic nitrogens is 15. The molecular weight excluding hydrogens is 1220 g/mol. The monoisotopic (exact) mass is 1330 g/mol. The minimum absolute atomic E-state index is 0.00491. The quantitative estimate of drug-likeness (QED) is 0.163. The first-order chi connectivity index (χ1) is 47.7. The van der Waals surface area contributed by atoms with Gasteiger partial charge in [-0.25, -0.2) is 0 Å². The van der Waals surface area contributed by atoms with Crippen molar-refractivity contribution in [2.45, 2.75) is 178 Å². The third-order valence-electron chi connectivity index (χ3n) is 22.7. The molecule has 0 amide bonds. The molecule has 99 heavy (non-hydrogen) atoms. The van der Waals surface area contributed by atoms with Crippen LogP contribution >= 0.6 is 0 Å². The standard InChI is InChI=1S/2C18H20N3.3C16H22N3/c2*1-13-9-14(2)11-16(10-13)18-19-12-21(20(18)4)17-8-6-5-7-15(17)3;3*1-11-8-7-9-12-13(11)19-14(17-10-18(19)6)16(4,5)15(12,2)3/h2*5-12H,1-4H3;3*7-10H,1-6H3/q5*+1/i1D3;;;;. The molecule has 15 heteroatoms. The molecule has 0 bridgehead atoms. The maximum Gasteiger partial charge on any atom is 0.350 e. The van der Waals surface area contributed by atoms with E-state index >= 15 is 0 Å². The molecule has 5 aromatic heterocycles. The second-order valence-corrected chi connectivity index (χ2v) is 30.9. The lowest BCUT2D eigenvalue weighted by Gasteiger charge is -2.44. The molecule has 0 atom stereocenters. The van der Waals surface area contributed by atoms with Gasteiger partial charge < -0.3 is 0 Å². The molecule has 15 rings (SSSR count). The van der Waals surface area contributed by atoms with Crippen LogP contribution in [0.4, 0.5) is 0 Å². The molecule has 12 aromatic rings. The fourth-order valence-electron chi connectivity index (χ4n) is 14.8. The molecule has 15 nitrogen and oxygen atoms in total. The first-order valence-electron chi connectivity index (χ1n) is 36.0. The zero-order valence-corrected chi connectivity index (χ0v) is 63.4. The lowest BCUT2D eigenvalue weighted by Crippen LogP contribution is -2.51. The predicted molar refractivity (Wildman–Crippen MR) is 395 cm³/mol. The van der Waals surface area contributed by atoms with Gasteiger partial charge in [0.2, 0.25) is 12.7 Å². The maximum absolute atomic E-state index is 7.65. The molecule has 0 saturated heterocycles. The Hall–Kier alpha value is -9.76.